The van der Waals surface area contributed by atoms with Gasteiger partial charge in [0, 0.05) is 49.4 Å². The molecule has 47 heavy (non-hydrogen) atoms. The van der Waals surface area contributed by atoms with E-state index in [1.165, 1.54) is 16.4 Å². The normalized spacial score (nSPS) is 16.6. The van der Waals surface area contributed by atoms with E-state index in [0.717, 1.165) is 31.4 Å². The van der Waals surface area contributed by atoms with E-state index in [2.05, 4.69) is 30.9 Å². The number of anilines is 4. The smallest absolute Gasteiger partial charge is 0.475 e. The van der Waals surface area contributed by atoms with Crippen LogP contribution in [0.15, 0.2) is 90.1 Å². The van der Waals surface area contributed by atoms with E-state index in [0.29, 0.717) is 35.7 Å². The van der Waals surface area contributed by atoms with E-state index >= 15 is 0 Å². The van der Waals surface area contributed by atoms with Crippen LogP contribution in [0, 0.1) is 5.82 Å². The Labute approximate surface area is 269 Å². The molecule has 0 radical (unpaired) electrons. The molecule has 0 aliphatic heterocycles. The van der Waals surface area contributed by atoms with E-state index < -0.39 is 22.2 Å². The third kappa shape index (κ3) is 10.4. The fourth-order valence-corrected chi connectivity index (χ4v) is 6.18. The molecule has 1 saturated carbocycles. The molecular formula is C31H33F4N7O4S. The molecule has 11 nitrogen and oxygen atoms in total. The molecule has 2 heterocycles. The number of halogens is 4. The Balaban J connectivity index is 0.000000644. The predicted molar refractivity (Wildman–Crippen MR) is 167 cm³/mol. The van der Waals surface area contributed by atoms with Crippen molar-refractivity contribution in [1.29, 1.82) is 0 Å². The molecule has 4 aromatic rings. The van der Waals surface area contributed by atoms with Gasteiger partial charge in [-0.1, -0.05) is 6.07 Å². The first-order valence-electron chi connectivity index (χ1n) is 14.5. The quantitative estimate of drug-likeness (QED) is 0.151. The third-order valence-electron chi connectivity index (χ3n) is 7.31. The summed E-state index contributed by atoms with van der Waals surface area (Å²) in [6.07, 6.45) is 1.73. The van der Waals surface area contributed by atoms with Gasteiger partial charge >= 0.3 is 12.1 Å². The molecule has 1 aliphatic carbocycles. The minimum Gasteiger partial charge on any atom is -0.475 e. The van der Waals surface area contributed by atoms with Gasteiger partial charge in [0.1, 0.15) is 11.6 Å². The van der Waals surface area contributed by atoms with Gasteiger partial charge in [-0.25, -0.2) is 22.6 Å². The molecule has 5 rings (SSSR count). The molecule has 0 atom stereocenters. The highest BCUT2D eigenvalue weighted by Crippen LogP contribution is 2.28. The number of carboxylic acids is 1. The summed E-state index contributed by atoms with van der Waals surface area (Å²) in [5, 5.41) is 16.9. The molecule has 0 amide bonds. The van der Waals surface area contributed by atoms with E-state index in [9.17, 15) is 26.0 Å². The van der Waals surface area contributed by atoms with Crippen molar-refractivity contribution in [1.82, 2.24) is 24.6 Å². The van der Waals surface area contributed by atoms with Crippen molar-refractivity contribution in [3.63, 3.8) is 0 Å². The first-order chi connectivity index (χ1) is 22.3. The number of hydrogen-bond donors (Lipinski definition) is 4. The second kappa shape index (κ2) is 15.8. The Morgan fingerprint density at radius 3 is 2.11 bits per heavy atom. The minimum atomic E-state index is -5.08. The fourth-order valence-electron chi connectivity index (χ4n) is 4.77. The van der Waals surface area contributed by atoms with E-state index in [1.807, 2.05) is 18.2 Å². The molecule has 1 aliphatic rings. The molecule has 0 unspecified atom stereocenters. The van der Waals surface area contributed by atoms with Gasteiger partial charge in [0.2, 0.25) is 16.0 Å². The SMILES string of the molecule is CN(C1CCC(NCc2ccccn2)CC1)S(=O)(=O)c1ccc(Nc2nccc(Nc3ccc(F)cc3)n2)cc1.O=C(O)C(F)(F)F. The zero-order valence-corrected chi connectivity index (χ0v) is 26.0. The Kier molecular flexibility index (Phi) is 11.8. The molecule has 4 N–H and O–H groups in total. The van der Waals surface area contributed by atoms with Crippen molar-refractivity contribution >= 4 is 39.1 Å². The topological polar surface area (TPSA) is 149 Å². The van der Waals surface area contributed by atoms with Crippen molar-refractivity contribution in [3.05, 3.63) is 96.7 Å². The summed E-state index contributed by atoms with van der Waals surface area (Å²) in [4.78, 5) is 22.1. The average Bonchev–Trinajstić information content (AvgIpc) is 3.05. The predicted octanol–water partition coefficient (Wildman–Crippen LogP) is 5.85. The molecule has 250 valence electrons. The zero-order valence-electron chi connectivity index (χ0n) is 25.2. The largest absolute Gasteiger partial charge is 0.490 e. The van der Waals surface area contributed by atoms with Crippen LogP contribution in [0.1, 0.15) is 31.4 Å². The number of alkyl halides is 3. The van der Waals surface area contributed by atoms with Crippen LogP contribution in [0.2, 0.25) is 0 Å². The molecule has 0 saturated heterocycles. The summed E-state index contributed by atoms with van der Waals surface area (Å²) in [6, 6.07) is 20.4. The van der Waals surface area contributed by atoms with Gasteiger partial charge in [-0.3, -0.25) is 4.98 Å². The maximum Gasteiger partial charge on any atom is 0.490 e. The number of carbonyl (C=O) groups is 1. The van der Waals surface area contributed by atoms with Crippen molar-refractivity contribution in [2.24, 2.45) is 0 Å². The number of pyridine rings is 1. The van der Waals surface area contributed by atoms with Crippen molar-refractivity contribution in [3.8, 4) is 0 Å². The van der Waals surface area contributed by atoms with E-state index in [1.54, 1.807) is 61.9 Å². The second-order valence-electron chi connectivity index (χ2n) is 10.6. The Morgan fingerprint density at radius 1 is 0.894 bits per heavy atom. The highest BCUT2D eigenvalue weighted by atomic mass is 32.2. The number of aromatic nitrogens is 3. The minimum absolute atomic E-state index is 0.0413. The summed E-state index contributed by atoms with van der Waals surface area (Å²) in [6.45, 7) is 0.713. The first-order valence-corrected chi connectivity index (χ1v) is 15.9. The van der Waals surface area contributed by atoms with Crippen LogP contribution in [0.25, 0.3) is 0 Å². The maximum atomic E-state index is 13.4. The van der Waals surface area contributed by atoms with Gasteiger partial charge in [-0.05, 0) is 92.4 Å². The first kappa shape index (κ1) is 35.2. The average molecular weight is 676 g/mol. The molecule has 0 spiro atoms. The summed E-state index contributed by atoms with van der Waals surface area (Å²) in [5.74, 6) is -2.20. The standard InChI is InChI=1S/C29H32FN7O2S.C2HF3O2/c1-37(26-13-9-22(10-14-26)33-20-25-4-2-3-18-31-25)40(38,39)27-15-11-24(12-16-27)35-29-32-19-17-28(36-29)34-23-7-5-21(30)6-8-23;3-2(4,5)1(6)7/h2-8,11-12,15-19,22,26,33H,9-10,13-14,20H2,1H3,(H2,32,34,35,36);(H,6,7). The molecule has 0 bridgehead atoms. The Bertz CT molecular complexity index is 1700. The number of rotatable bonds is 10. The van der Waals surface area contributed by atoms with Crippen molar-refractivity contribution < 1.29 is 35.9 Å². The van der Waals surface area contributed by atoms with Gasteiger partial charge in [0.15, 0.2) is 0 Å². The monoisotopic (exact) mass is 675 g/mol. The third-order valence-corrected chi connectivity index (χ3v) is 9.24. The van der Waals surface area contributed by atoms with Crippen LogP contribution >= 0.6 is 0 Å². The number of benzene rings is 2. The lowest BCUT2D eigenvalue weighted by atomic mass is 9.91. The highest BCUT2D eigenvalue weighted by molar-refractivity contribution is 7.89. The zero-order chi connectivity index (χ0) is 34.0. The summed E-state index contributed by atoms with van der Waals surface area (Å²) in [7, 11) is -1.97. The lowest BCUT2D eigenvalue weighted by molar-refractivity contribution is -0.192. The van der Waals surface area contributed by atoms with Crippen molar-refractivity contribution in [2.45, 2.75) is 55.4 Å². The Hall–Kier alpha value is -4.67. The van der Waals surface area contributed by atoms with Crippen LogP contribution in [-0.2, 0) is 21.4 Å². The van der Waals surface area contributed by atoms with Gasteiger partial charge in [0.25, 0.3) is 0 Å². The molecule has 16 heteroatoms. The van der Waals surface area contributed by atoms with Gasteiger partial charge in [-0.2, -0.15) is 22.5 Å². The fraction of sp³-hybridized carbons (Fsp3) is 0.290. The maximum absolute atomic E-state index is 13.4. The summed E-state index contributed by atoms with van der Waals surface area (Å²) >= 11 is 0. The number of sulfonamides is 1. The summed E-state index contributed by atoms with van der Waals surface area (Å²) in [5.41, 5.74) is 2.35. The number of nitrogens with zero attached hydrogens (tertiary/aromatic N) is 4. The van der Waals surface area contributed by atoms with E-state index in [4.69, 9.17) is 9.90 Å². The molecule has 1 fully saturated rings. The number of hydrogen-bond acceptors (Lipinski definition) is 9. The van der Waals surface area contributed by atoms with Crippen LogP contribution in [0.4, 0.5) is 40.7 Å². The number of nitrogens with one attached hydrogen (secondary N) is 3. The van der Waals surface area contributed by atoms with Gasteiger partial charge < -0.3 is 21.1 Å². The lowest BCUT2D eigenvalue weighted by Gasteiger charge is -2.34. The van der Waals surface area contributed by atoms with Crippen LogP contribution in [-0.4, -0.2) is 64.1 Å². The van der Waals surface area contributed by atoms with Gasteiger partial charge in [0.05, 0.1) is 10.6 Å². The van der Waals surface area contributed by atoms with E-state index in [-0.39, 0.29) is 16.8 Å². The van der Waals surface area contributed by atoms with Crippen LogP contribution in [0.3, 0.4) is 0 Å². The molecule has 2 aromatic heterocycles. The van der Waals surface area contributed by atoms with Gasteiger partial charge in [-0.15, -0.1) is 0 Å². The number of aliphatic carboxylic acids is 1. The summed E-state index contributed by atoms with van der Waals surface area (Å²) < 4.78 is 73.1. The lowest BCUT2D eigenvalue weighted by Crippen LogP contribution is -2.43. The van der Waals surface area contributed by atoms with Crippen LogP contribution < -0.4 is 16.0 Å². The van der Waals surface area contributed by atoms with Crippen LogP contribution in [0.5, 0.6) is 0 Å². The highest BCUT2D eigenvalue weighted by Gasteiger charge is 2.38. The Morgan fingerprint density at radius 2 is 1.51 bits per heavy atom. The number of carboxylic acid groups (broad SMARTS) is 1. The molecular weight excluding hydrogens is 642 g/mol. The molecule has 2 aromatic carbocycles. The second-order valence-corrected chi connectivity index (χ2v) is 12.6. The van der Waals surface area contributed by atoms with Crippen molar-refractivity contribution in [2.75, 3.05) is 17.7 Å².